The Morgan fingerprint density at radius 3 is 2.73 bits per heavy atom. The molecule has 0 bridgehead atoms. The molecule has 15 heavy (non-hydrogen) atoms. The van der Waals surface area contributed by atoms with E-state index in [0.29, 0.717) is 5.95 Å². The van der Waals surface area contributed by atoms with Gasteiger partial charge in [0.1, 0.15) is 0 Å². The standard InChI is InChI=1S/C10H10IN3S/c1-7(9-3-2-4-15-9)14-10-12-5-8(11)6-13-10/h2-7H,1H3,(H,12,13,14). The zero-order valence-corrected chi connectivity index (χ0v) is 11.1. The maximum absolute atomic E-state index is 4.20. The predicted octanol–water partition coefficient (Wildman–Crippen LogP) is 3.32. The Hall–Kier alpha value is -0.690. The molecular weight excluding hydrogens is 321 g/mol. The summed E-state index contributed by atoms with van der Waals surface area (Å²) in [5.74, 6) is 0.677. The highest BCUT2D eigenvalue weighted by molar-refractivity contribution is 14.1. The van der Waals surface area contributed by atoms with Gasteiger partial charge in [0.15, 0.2) is 0 Å². The zero-order valence-electron chi connectivity index (χ0n) is 8.14. The summed E-state index contributed by atoms with van der Waals surface area (Å²) < 4.78 is 1.04. The Kier molecular flexibility index (Phi) is 3.53. The van der Waals surface area contributed by atoms with Gasteiger partial charge < -0.3 is 5.32 Å². The highest BCUT2D eigenvalue weighted by Crippen LogP contribution is 2.21. The molecule has 0 aliphatic heterocycles. The summed E-state index contributed by atoms with van der Waals surface area (Å²) in [4.78, 5) is 9.70. The molecule has 0 saturated carbocycles. The third-order valence-corrected chi connectivity index (χ3v) is 3.55. The van der Waals surface area contributed by atoms with E-state index in [0.717, 1.165) is 3.57 Å². The first-order chi connectivity index (χ1) is 7.25. The summed E-state index contributed by atoms with van der Waals surface area (Å²) in [6, 6.07) is 4.41. The minimum Gasteiger partial charge on any atom is -0.347 e. The largest absolute Gasteiger partial charge is 0.347 e. The van der Waals surface area contributed by atoms with Crippen LogP contribution in [0, 0.1) is 3.57 Å². The fourth-order valence-corrected chi connectivity index (χ4v) is 2.20. The molecule has 0 spiro atoms. The van der Waals surface area contributed by atoms with Gasteiger partial charge in [-0.25, -0.2) is 9.97 Å². The number of thiophene rings is 1. The Balaban J connectivity index is 2.06. The van der Waals surface area contributed by atoms with E-state index in [1.807, 2.05) is 6.07 Å². The van der Waals surface area contributed by atoms with E-state index in [-0.39, 0.29) is 6.04 Å². The SMILES string of the molecule is CC(Nc1ncc(I)cn1)c1cccs1. The van der Waals surface area contributed by atoms with Crippen molar-refractivity contribution in [2.75, 3.05) is 5.32 Å². The monoisotopic (exact) mass is 331 g/mol. The minimum absolute atomic E-state index is 0.255. The van der Waals surface area contributed by atoms with Gasteiger partial charge in [0, 0.05) is 20.8 Å². The first-order valence-electron chi connectivity index (χ1n) is 4.53. The zero-order chi connectivity index (χ0) is 10.7. The second kappa shape index (κ2) is 4.89. The number of hydrogen-bond acceptors (Lipinski definition) is 4. The van der Waals surface area contributed by atoms with E-state index in [1.54, 1.807) is 23.7 Å². The van der Waals surface area contributed by atoms with Gasteiger partial charge in [0.2, 0.25) is 5.95 Å². The van der Waals surface area contributed by atoms with Crippen LogP contribution in [0.1, 0.15) is 17.8 Å². The number of nitrogens with one attached hydrogen (secondary N) is 1. The molecule has 0 aliphatic carbocycles. The first-order valence-corrected chi connectivity index (χ1v) is 6.49. The molecule has 0 fully saturated rings. The van der Waals surface area contributed by atoms with Crippen molar-refractivity contribution in [1.82, 2.24) is 9.97 Å². The summed E-state index contributed by atoms with van der Waals surface area (Å²) in [7, 11) is 0. The van der Waals surface area contributed by atoms with Crippen LogP contribution in [0.3, 0.4) is 0 Å². The van der Waals surface area contributed by atoms with Gasteiger partial charge in [0.05, 0.1) is 6.04 Å². The van der Waals surface area contributed by atoms with Gasteiger partial charge >= 0.3 is 0 Å². The molecule has 3 nitrogen and oxygen atoms in total. The maximum Gasteiger partial charge on any atom is 0.223 e. The molecule has 2 heterocycles. The lowest BCUT2D eigenvalue weighted by Gasteiger charge is -2.11. The summed E-state index contributed by atoms with van der Waals surface area (Å²) >= 11 is 3.92. The molecule has 78 valence electrons. The average Bonchev–Trinajstić information content (AvgIpc) is 2.74. The van der Waals surface area contributed by atoms with Crippen molar-refractivity contribution >= 4 is 39.9 Å². The van der Waals surface area contributed by atoms with Crippen LogP contribution >= 0.6 is 33.9 Å². The third-order valence-electron chi connectivity index (χ3n) is 1.94. The maximum atomic E-state index is 4.20. The van der Waals surface area contributed by atoms with Crippen molar-refractivity contribution in [1.29, 1.82) is 0 Å². The highest BCUT2D eigenvalue weighted by atomic mass is 127. The molecular formula is C10H10IN3S. The second-order valence-electron chi connectivity index (χ2n) is 3.11. The molecule has 2 rings (SSSR count). The van der Waals surface area contributed by atoms with Crippen molar-refractivity contribution in [3.63, 3.8) is 0 Å². The normalized spacial score (nSPS) is 12.4. The van der Waals surface area contributed by atoms with Gasteiger partial charge in [-0.05, 0) is 41.0 Å². The average molecular weight is 331 g/mol. The number of aromatic nitrogens is 2. The lowest BCUT2D eigenvalue weighted by molar-refractivity contribution is 0.879. The van der Waals surface area contributed by atoms with Crippen LogP contribution in [0.25, 0.3) is 0 Å². The summed E-state index contributed by atoms with van der Waals surface area (Å²) in [5.41, 5.74) is 0. The van der Waals surface area contributed by atoms with Crippen LogP contribution in [0.2, 0.25) is 0 Å². The van der Waals surface area contributed by atoms with Gasteiger partial charge in [-0.2, -0.15) is 0 Å². The fourth-order valence-electron chi connectivity index (χ4n) is 1.19. The van der Waals surface area contributed by atoms with Crippen LogP contribution in [0.5, 0.6) is 0 Å². The molecule has 0 amide bonds. The van der Waals surface area contributed by atoms with Crippen LogP contribution in [0.15, 0.2) is 29.9 Å². The Morgan fingerprint density at radius 1 is 1.40 bits per heavy atom. The van der Waals surface area contributed by atoms with Crippen molar-refractivity contribution in [3.8, 4) is 0 Å². The van der Waals surface area contributed by atoms with Gasteiger partial charge in [-0.15, -0.1) is 11.3 Å². The van der Waals surface area contributed by atoms with E-state index in [2.05, 4.69) is 56.2 Å². The number of hydrogen-bond donors (Lipinski definition) is 1. The predicted molar refractivity (Wildman–Crippen MR) is 71.1 cm³/mol. The molecule has 0 aromatic carbocycles. The van der Waals surface area contributed by atoms with Crippen LogP contribution < -0.4 is 5.32 Å². The number of halogens is 1. The van der Waals surface area contributed by atoms with E-state index in [9.17, 15) is 0 Å². The topological polar surface area (TPSA) is 37.8 Å². The number of anilines is 1. The Morgan fingerprint density at radius 2 is 2.13 bits per heavy atom. The molecule has 1 N–H and O–H groups in total. The molecule has 0 saturated heterocycles. The van der Waals surface area contributed by atoms with E-state index < -0.39 is 0 Å². The molecule has 2 aromatic heterocycles. The molecule has 1 unspecified atom stereocenters. The van der Waals surface area contributed by atoms with Crippen molar-refractivity contribution in [3.05, 3.63) is 38.4 Å². The molecule has 0 radical (unpaired) electrons. The Bertz CT molecular complexity index is 413. The van der Waals surface area contributed by atoms with Gasteiger partial charge in [0.25, 0.3) is 0 Å². The quantitative estimate of drug-likeness (QED) is 0.877. The molecule has 5 heteroatoms. The van der Waals surface area contributed by atoms with E-state index >= 15 is 0 Å². The highest BCUT2D eigenvalue weighted by Gasteiger charge is 2.06. The molecule has 0 aliphatic rings. The van der Waals surface area contributed by atoms with Crippen LogP contribution in [0.4, 0.5) is 5.95 Å². The number of nitrogens with zero attached hydrogens (tertiary/aromatic N) is 2. The fraction of sp³-hybridized carbons (Fsp3) is 0.200. The van der Waals surface area contributed by atoms with Crippen LogP contribution in [-0.2, 0) is 0 Å². The van der Waals surface area contributed by atoms with Gasteiger partial charge in [-0.1, -0.05) is 6.07 Å². The number of rotatable bonds is 3. The third kappa shape index (κ3) is 2.88. The Labute approximate surface area is 106 Å². The first kappa shape index (κ1) is 10.8. The smallest absolute Gasteiger partial charge is 0.223 e. The summed E-state index contributed by atoms with van der Waals surface area (Å²) in [6.07, 6.45) is 3.61. The van der Waals surface area contributed by atoms with Crippen molar-refractivity contribution < 1.29 is 0 Å². The van der Waals surface area contributed by atoms with Crippen molar-refractivity contribution in [2.45, 2.75) is 13.0 Å². The van der Waals surface area contributed by atoms with Crippen molar-refractivity contribution in [2.24, 2.45) is 0 Å². The molecule has 2 aromatic rings. The summed E-state index contributed by atoms with van der Waals surface area (Å²) in [6.45, 7) is 2.10. The lowest BCUT2D eigenvalue weighted by Crippen LogP contribution is -2.07. The van der Waals surface area contributed by atoms with E-state index in [4.69, 9.17) is 0 Å². The summed E-state index contributed by atoms with van der Waals surface area (Å²) in [5, 5.41) is 5.33. The lowest BCUT2D eigenvalue weighted by atomic mass is 10.3. The van der Waals surface area contributed by atoms with Crippen LogP contribution in [-0.4, -0.2) is 9.97 Å². The molecule has 1 atom stereocenters. The van der Waals surface area contributed by atoms with E-state index in [1.165, 1.54) is 4.88 Å². The minimum atomic E-state index is 0.255. The van der Waals surface area contributed by atoms with Gasteiger partial charge in [-0.3, -0.25) is 0 Å². The second-order valence-corrected chi connectivity index (χ2v) is 5.33.